The van der Waals surface area contributed by atoms with Crippen LogP contribution in [0, 0.1) is 11.3 Å². The molecule has 9 aromatic carbocycles. The van der Waals surface area contributed by atoms with Crippen molar-refractivity contribution in [2.75, 3.05) is 0 Å². The van der Waals surface area contributed by atoms with Crippen LogP contribution in [0.1, 0.15) is 5.56 Å². The van der Waals surface area contributed by atoms with E-state index in [4.69, 9.17) is 15.0 Å². The lowest BCUT2D eigenvalue weighted by Gasteiger charge is -2.17. The van der Waals surface area contributed by atoms with Crippen molar-refractivity contribution in [3.8, 4) is 73.9 Å². The zero-order valence-corrected chi connectivity index (χ0v) is 34.5. The third-order valence-electron chi connectivity index (χ3n) is 12.2. The molecule has 0 amide bonds. The van der Waals surface area contributed by atoms with Gasteiger partial charge in [-0.3, -0.25) is 0 Å². The van der Waals surface area contributed by atoms with E-state index < -0.39 is 0 Å². The molecule has 0 aliphatic rings. The van der Waals surface area contributed by atoms with Crippen LogP contribution in [0.3, 0.4) is 0 Å². The van der Waals surface area contributed by atoms with E-state index in [0.29, 0.717) is 23.0 Å². The fourth-order valence-electron chi connectivity index (χ4n) is 9.42. The third kappa shape index (κ3) is 5.99. The van der Waals surface area contributed by atoms with Crippen molar-refractivity contribution < 1.29 is 0 Å². The predicted octanol–water partition coefficient (Wildman–Crippen LogP) is 14.3. The number of fused-ring (bicyclic) bond motifs is 6. The van der Waals surface area contributed by atoms with Crippen molar-refractivity contribution in [1.29, 1.82) is 5.26 Å². The minimum Gasteiger partial charge on any atom is -0.309 e. The van der Waals surface area contributed by atoms with Crippen LogP contribution in [-0.4, -0.2) is 24.1 Å². The zero-order valence-electron chi connectivity index (χ0n) is 34.5. The van der Waals surface area contributed by atoms with E-state index in [2.05, 4.69) is 155 Å². The van der Waals surface area contributed by atoms with Gasteiger partial charge in [0.25, 0.3) is 0 Å². The van der Waals surface area contributed by atoms with Crippen LogP contribution in [0.25, 0.3) is 111 Å². The average molecular weight is 817 g/mol. The number of rotatable bonds is 7. The van der Waals surface area contributed by atoms with Crippen LogP contribution in [0.4, 0.5) is 0 Å². The van der Waals surface area contributed by atoms with Crippen molar-refractivity contribution in [2.45, 2.75) is 0 Å². The number of hydrogen-bond donors (Lipinski definition) is 0. The van der Waals surface area contributed by atoms with Crippen molar-refractivity contribution in [3.63, 3.8) is 0 Å². The Morgan fingerprint density at radius 3 is 1.52 bits per heavy atom. The Hall–Kier alpha value is -8.92. The molecular weight excluding hydrogens is 781 g/mol. The second kappa shape index (κ2) is 15.2. The lowest BCUT2D eigenvalue weighted by atomic mass is 9.91. The van der Waals surface area contributed by atoms with Gasteiger partial charge in [-0.05, 0) is 71.3 Å². The molecule has 0 saturated carbocycles. The minimum absolute atomic E-state index is 0.556. The van der Waals surface area contributed by atoms with Crippen molar-refractivity contribution in [3.05, 3.63) is 224 Å². The van der Waals surface area contributed by atoms with Gasteiger partial charge in [-0.25, -0.2) is 15.0 Å². The summed E-state index contributed by atoms with van der Waals surface area (Å²) in [6.45, 7) is 0. The van der Waals surface area contributed by atoms with Crippen LogP contribution in [-0.2, 0) is 0 Å². The average Bonchev–Trinajstić information content (AvgIpc) is 3.90. The first kappa shape index (κ1) is 36.9. The molecule has 64 heavy (non-hydrogen) atoms. The Kier molecular flexibility index (Phi) is 8.77. The Labute approximate surface area is 369 Å². The Bertz CT molecular complexity index is 3710. The molecule has 0 aliphatic carbocycles. The van der Waals surface area contributed by atoms with Gasteiger partial charge in [-0.2, -0.15) is 5.26 Å². The monoisotopic (exact) mass is 816 g/mol. The highest BCUT2D eigenvalue weighted by molar-refractivity contribution is 6.23. The molecule has 0 spiro atoms. The number of hydrogen-bond acceptors (Lipinski definition) is 4. The summed E-state index contributed by atoms with van der Waals surface area (Å²) in [4.78, 5) is 15.5. The maximum Gasteiger partial charge on any atom is 0.166 e. The van der Waals surface area contributed by atoms with E-state index in [-0.39, 0.29) is 0 Å². The zero-order chi connectivity index (χ0) is 42.6. The lowest BCUT2D eigenvalue weighted by molar-refractivity contribution is 1.06. The Morgan fingerprint density at radius 1 is 0.359 bits per heavy atom. The molecule has 0 bridgehead atoms. The van der Waals surface area contributed by atoms with Crippen LogP contribution >= 0.6 is 0 Å². The van der Waals surface area contributed by atoms with Gasteiger partial charge in [0, 0.05) is 49.5 Å². The Morgan fingerprint density at radius 2 is 0.875 bits per heavy atom. The van der Waals surface area contributed by atoms with Gasteiger partial charge < -0.3 is 9.13 Å². The van der Waals surface area contributed by atoms with Crippen molar-refractivity contribution in [2.24, 2.45) is 0 Å². The minimum atomic E-state index is 0.556. The molecule has 3 heterocycles. The second-order valence-electron chi connectivity index (χ2n) is 15.9. The molecule has 12 aromatic rings. The van der Waals surface area contributed by atoms with Gasteiger partial charge >= 0.3 is 0 Å². The highest BCUT2D eigenvalue weighted by Crippen LogP contribution is 2.46. The van der Waals surface area contributed by atoms with E-state index in [1.807, 2.05) is 78.9 Å². The molecule has 0 atom stereocenters. The molecule has 3 aromatic heterocycles. The van der Waals surface area contributed by atoms with Gasteiger partial charge in [0.05, 0.1) is 39.4 Å². The molecule has 0 saturated heterocycles. The van der Waals surface area contributed by atoms with Crippen molar-refractivity contribution >= 4 is 43.6 Å². The Balaban J connectivity index is 1.18. The van der Waals surface area contributed by atoms with Crippen LogP contribution in [0.15, 0.2) is 218 Å². The standard InChI is InChI=1S/C58H36N6/c59-37-42-33-35-51-55(53(42)47-28-17-31-50-54(47)44-26-13-15-29-48(44)63(50)43-24-11-4-12-25-43)45-27-14-16-30-49(45)64(51)52-36-41(38-18-5-1-6-19-38)32-34-46(52)58-61-56(39-20-7-2-8-21-39)60-57(62-58)40-22-9-3-10-23-40/h1-36H. The van der Waals surface area contributed by atoms with Crippen LogP contribution in [0.2, 0.25) is 0 Å². The summed E-state index contributed by atoms with van der Waals surface area (Å²) in [5, 5.41) is 15.3. The number of benzene rings is 9. The molecule has 0 unspecified atom stereocenters. The normalized spacial score (nSPS) is 11.4. The second-order valence-corrected chi connectivity index (χ2v) is 15.9. The maximum absolute atomic E-state index is 11.0. The summed E-state index contributed by atoms with van der Waals surface area (Å²) >= 11 is 0. The van der Waals surface area contributed by atoms with E-state index in [1.54, 1.807) is 0 Å². The van der Waals surface area contributed by atoms with E-state index >= 15 is 0 Å². The SMILES string of the molecule is N#Cc1ccc2c(c1-c1cccc3c1c1ccccc1n3-c1ccccc1)c1ccccc1n2-c1cc(-c2ccccc2)ccc1-c1nc(-c2ccccc2)nc(-c2ccccc2)n1. The largest absolute Gasteiger partial charge is 0.309 e. The summed E-state index contributed by atoms with van der Waals surface area (Å²) in [7, 11) is 0. The first-order valence-corrected chi connectivity index (χ1v) is 21.3. The van der Waals surface area contributed by atoms with Gasteiger partial charge in [0.15, 0.2) is 17.5 Å². The summed E-state index contributed by atoms with van der Waals surface area (Å²) < 4.78 is 4.66. The molecule has 6 nitrogen and oxygen atoms in total. The third-order valence-corrected chi connectivity index (χ3v) is 12.2. The number of nitrogens with zero attached hydrogens (tertiary/aromatic N) is 6. The van der Waals surface area contributed by atoms with Gasteiger partial charge in [0.2, 0.25) is 0 Å². The molecule has 298 valence electrons. The molecule has 0 N–H and O–H groups in total. The van der Waals surface area contributed by atoms with E-state index in [9.17, 15) is 5.26 Å². The first-order valence-electron chi connectivity index (χ1n) is 21.3. The molecule has 0 aliphatic heterocycles. The van der Waals surface area contributed by atoms with E-state index in [1.165, 1.54) is 0 Å². The highest BCUT2D eigenvalue weighted by Gasteiger charge is 2.25. The lowest BCUT2D eigenvalue weighted by Crippen LogP contribution is -2.04. The predicted molar refractivity (Wildman–Crippen MR) is 260 cm³/mol. The summed E-state index contributed by atoms with van der Waals surface area (Å²) in [6.07, 6.45) is 0. The summed E-state index contributed by atoms with van der Waals surface area (Å²) in [5.41, 5.74) is 13.4. The quantitative estimate of drug-likeness (QED) is 0.161. The number of aromatic nitrogens is 5. The van der Waals surface area contributed by atoms with Crippen LogP contribution < -0.4 is 0 Å². The smallest absolute Gasteiger partial charge is 0.166 e. The molecular formula is C58H36N6. The van der Waals surface area contributed by atoms with Gasteiger partial charge in [0.1, 0.15) is 0 Å². The highest BCUT2D eigenvalue weighted by atomic mass is 15.1. The fraction of sp³-hybridized carbons (Fsp3) is 0. The van der Waals surface area contributed by atoms with Gasteiger partial charge in [-0.15, -0.1) is 0 Å². The topological polar surface area (TPSA) is 72.3 Å². The molecule has 6 heteroatoms. The number of nitriles is 1. The van der Waals surface area contributed by atoms with Crippen LogP contribution in [0.5, 0.6) is 0 Å². The molecule has 12 rings (SSSR count). The van der Waals surface area contributed by atoms with Crippen molar-refractivity contribution in [1.82, 2.24) is 24.1 Å². The van der Waals surface area contributed by atoms with Gasteiger partial charge in [-0.1, -0.05) is 164 Å². The molecule has 0 radical (unpaired) electrons. The first-order chi connectivity index (χ1) is 31.7. The number of para-hydroxylation sites is 3. The fourth-order valence-corrected chi connectivity index (χ4v) is 9.42. The summed E-state index contributed by atoms with van der Waals surface area (Å²) in [6, 6.07) is 77.9. The van der Waals surface area contributed by atoms with E-state index in [0.717, 1.165) is 93.9 Å². The summed E-state index contributed by atoms with van der Waals surface area (Å²) in [5.74, 6) is 1.74. The maximum atomic E-state index is 11.0. The molecule has 0 fully saturated rings.